The van der Waals surface area contributed by atoms with E-state index in [4.69, 9.17) is 9.47 Å². The molecule has 0 radical (unpaired) electrons. The van der Waals surface area contributed by atoms with Crippen molar-refractivity contribution in [1.82, 2.24) is 15.3 Å². The molecule has 21 heavy (non-hydrogen) atoms. The van der Waals surface area contributed by atoms with Gasteiger partial charge in [-0.2, -0.15) is 9.97 Å². The molecule has 0 atom stereocenters. The molecular formula is C13H14N4O4. The summed E-state index contributed by atoms with van der Waals surface area (Å²) in [4.78, 5) is 18.0. The maximum atomic E-state index is 11.1. The molecular weight excluding hydrogens is 276 g/mol. The van der Waals surface area contributed by atoms with E-state index < -0.39 is 10.6 Å². The summed E-state index contributed by atoms with van der Waals surface area (Å²) in [6, 6.07) is 7.18. The molecule has 8 nitrogen and oxygen atoms in total. The molecule has 1 aromatic heterocycles. The fourth-order valence-corrected chi connectivity index (χ4v) is 1.76. The fraction of sp³-hybridized carbons (Fsp3) is 0.231. The average Bonchev–Trinajstić information content (AvgIpc) is 2.47. The van der Waals surface area contributed by atoms with E-state index in [1.165, 1.54) is 7.11 Å². The van der Waals surface area contributed by atoms with E-state index in [1.54, 1.807) is 18.2 Å². The van der Waals surface area contributed by atoms with Crippen molar-refractivity contribution in [2.45, 2.75) is 6.54 Å². The van der Waals surface area contributed by atoms with Gasteiger partial charge in [-0.1, -0.05) is 12.1 Å². The van der Waals surface area contributed by atoms with Gasteiger partial charge in [0.1, 0.15) is 12.1 Å². The third kappa shape index (κ3) is 3.42. The van der Waals surface area contributed by atoms with E-state index >= 15 is 0 Å². The standard InChI is InChI=1S/C13H14N4O4/c1-14-7-9-4-3-5-10(6-9)21-13-11(17(18)19)12(20-2)15-8-16-13/h3-6,8,14H,7H2,1-2H3. The van der Waals surface area contributed by atoms with Gasteiger partial charge >= 0.3 is 17.4 Å². The van der Waals surface area contributed by atoms with Crippen molar-refractivity contribution in [3.63, 3.8) is 0 Å². The predicted molar refractivity (Wildman–Crippen MR) is 74.5 cm³/mol. The number of aromatic nitrogens is 2. The Balaban J connectivity index is 2.35. The van der Waals surface area contributed by atoms with Crippen LogP contribution in [0.1, 0.15) is 5.56 Å². The van der Waals surface area contributed by atoms with Gasteiger partial charge in [0.2, 0.25) is 0 Å². The van der Waals surface area contributed by atoms with E-state index in [9.17, 15) is 10.1 Å². The first-order valence-electron chi connectivity index (χ1n) is 6.10. The van der Waals surface area contributed by atoms with E-state index in [0.717, 1.165) is 11.9 Å². The second kappa shape index (κ2) is 6.62. The Morgan fingerprint density at radius 2 is 2.10 bits per heavy atom. The van der Waals surface area contributed by atoms with Crippen LogP contribution in [0.5, 0.6) is 17.5 Å². The minimum absolute atomic E-state index is 0.142. The van der Waals surface area contributed by atoms with Crippen LogP contribution in [-0.4, -0.2) is 29.0 Å². The highest BCUT2D eigenvalue weighted by molar-refractivity contribution is 5.50. The number of nitrogens with zero attached hydrogens (tertiary/aromatic N) is 3. The summed E-state index contributed by atoms with van der Waals surface area (Å²) < 4.78 is 10.4. The first kappa shape index (κ1) is 14.7. The van der Waals surface area contributed by atoms with E-state index in [1.807, 2.05) is 13.1 Å². The van der Waals surface area contributed by atoms with E-state index in [0.29, 0.717) is 12.3 Å². The predicted octanol–water partition coefficient (Wildman–Crippen LogP) is 1.91. The van der Waals surface area contributed by atoms with Crippen LogP contribution in [0.3, 0.4) is 0 Å². The molecule has 8 heteroatoms. The number of benzene rings is 1. The summed E-state index contributed by atoms with van der Waals surface area (Å²) >= 11 is 0. The topological polar surface area (TPSA) is 99.4 Å². The number of rotatable bonds is 6. The SMILES string of the molecule is CNCc1cccc(Oc2ncnc(OC)c2[N+](=O)[O-])c1. The third-order valence-corrected chi connectivity index (χ3v) is 2.62. The molecule has 110 valence electrons. The van der Waals surface area contributed by atoms with Gasteiger partial charge in [0, 0.05) is 6.54 Å². The quantitative estimate of drug-likeness (QED) is 0.640. The Bertz CT molecular complexity index is 648. The van der Waals surface area contributed by atoms with E-state index in [2.05, 4.69) is 15.3 Å². The molecule has 0 saturated heterocycles. The normalized spacial score (nSPS) is 10.2. The Morgan fingerprint density at radius 3 is 2.76 bits per heavy atom. The third-order valence-electron chi connectivity index (χ3n) is 2.62. The highest BCUT2D eigenvalue weighted by Gasteiger charge is 2.25. The summed E-state index contributed by atoms with van der Waals surface area (Å²) in [6.45, 7) is 0.659. The van der Waals surface area contributed by atoms with Crippen LogP contribution in [0.15, 0.2) is 30.6 Å². The van der Waals surface area contributed by atoms with Crippen LogP contribution >= 0.6 is 0 Å². The fourth-order valence-electron chi connectivity index (χ4n) is 1.76. The molecule has 2 rings (SSSR count). The van der Waals surface area contributed by atoms with Gasteiger partial charge in [0.25, 0.3) is 0 Å². The maximum absolute atomic E-state index is 11.1. The lowest BCUT2D eigenvalue weighted by Gasteiger charge is -2.08. The number of nitro groups is 1. The van der Waals surface area contributed by atoms with Gasteiger partial charge < -0.3 is 14.8 Å². The van der Waals surface area contributed by atoms with Crippen LogP contribution < -0.4 is 14.8 Å². The van der Waals surface area contributed by atoms with Gasteiger partial charge in [0.15, 0.2) is 0 Å². The molecule has 2 aromatic rings. The second-order valence-electron chi connectivity index (χ2n) is 4.07. The number of methoxy groups -OCH3 is 1. The molecule has 0 aliphatic rings. The van der Waals surface area contributed by atoms with E-state index in [-0.39, 0.29) is 11.8 Å². The van der Waals surface area contributed by atoms with Gasteiger partial charge in [-0.25, -0.2) is 0 Å². The number of hydrogen-bond donors (Lipinski definition) is 1. The molecule has 0 aliphatic heterocycles. The summed E-state index contributed by atoms with van der Waals surface area (Å²) in [5.41, 5.74) is 0.581. The second-order valence-corrected chi connectivity index (χ2v) is 4.07. The largest absolute Gasteiger partial charge is 0.476 e. The van der Waals surface area contributed by atoms with Gasteiger partial charge in [-0.15, -0.1) is 0 Å². The van der Waals surface area contributed by atoms with Crippen LogP contribution in [0.25, 0.3) is 0 Å². The molecule has 0 spiro atoms. The monoisotopic (exact) mass is 290 g/mol. The molecule has 1 N–H and O–H groups in total. The highest BCUT2D eigenvalue weighted by atomic mass is 16.6. The lowest BCUT2D eigenvalue weighted by molar-refractivity contribution is -0.387. The first-order chi connectivity index (χ1) is 10.2. The van der Waals surface area contributed by atoms with Crippen molar-refractivity contribution in [2.75, 3.05) is 14.2 Å². The van der Waals surface area contributed by atoms with Crippen molar-refractivity contribution in [2.24, 2.45) is 0 Å². The van der Waals surface area contributed by atoms with Crippen molar-refractivity contribution in [3.05, 3.63) is 46.3 Å². The molecule has 0 bridgehead atoms. The highest BCUT2D eigenvalue weighted by Crippen LogP contribution is 2.35. The summed E-state index contributed by atoms with van der Waals surface area (Å²) in [5.74, 6) is 0.149. The van der Waals surface area contributed by atoms with Crippen LogP contribution in [-0.2, 0) is 6.54 Å². The molecule has 0 fully saturated rings. The molecule has 1 aromatic carbocycles. The van der Waals surface area contributed by atoms with Gasteiger partial charge in [-0.3, -0.25) is 10.1 Å². The zero-order valence-corrected chi connectivity index (χ0v) is 11.6. The zero-order valence-electron chi connectivity index (χ0n) is 11.6. The Hall–Kier alpha value is -2.74. The van der Waals surface area contributed by atoms with Gasteiger partial charge in [-0.05, 0) is 24.7 Å². The minimum atomic E-state index is -0.633. The number of hydrogen-bond acceptors (Lipinski definition) is 7. The van der Waals surface area contributed by atoms with Crippen LogP contribution in [0.2, 0.25) is 0 Å². The van der Waals surface area contributed by atoms with Gasteiger partial charge in [0.05, 0.1) is 12.0 Å². The number of ether oxygens (including phenoxy) is 2. The summed E-state index contributed by atoms with van der Waals surface area (Å²) in [5, 5.41) is 14.1. The van der Waals surface area contributed by atoms with Crippen molar-refractivity contribution in [3.8, 4) is 17.5 Å². The molecule has 0 unspecified atom stereocenters. The lowest BCUT2D eigenvalue weighted by Crippen LogP contribution is -2.05. The van der Waals surface area contributed by atoms with Crippen molar-refractivity contribution >= 4 is 5.69 Å². The summed E-state index contributed by atoms with van der Waals surface area (Å²) in [6.07, 6.45) is 1.15. The Morgan fingerprint density at radius 1 is 1.33 bits per heavy atom. The van der Waals surface area contributed by atoms with Crippen molar-refractivity contribution < 1.29 is 14.4 Å². The van der Waals surface area contributed by atoms with Crippen molar-refractivity contribution in [1.29, 1.82) is 0 Å². The lowest BCUT2D eigenvalue weighted by atomic mass is 10.2. The Labute approximate surface area is 120 Å². The maximum Gasteiger partial charge on any atom is 0.392 e. The first-order valence-corrected chi connectivity index (χ1v) is 6.10. The average molecular weight is 290 g/mol. The number of nitrogens with one attached hydrogen (secondary N) is 1. The smallest absolute Gasteiger partial charge is 0.392 e. The van der Waals surface area contributed by atoms with Crippen LogP contribution in [0, 0.1) is 10.1 Å². The molecule has 1 heterocycles. The Kier molecular flexibility index (Phi) is 4.62. The van der Waals surface area contributed by atoms with Crippen LogP contribution in [0.4, 0.5) is 5.69 Å². The molecule has 0 amide bonds. The molecule has 0 saturated carbocycles. The molecule has 0 aliphatic carbocycles. The summed E-state index contributed by atoms with van der Waals surface area (Å²) in [7, 11) is 3.13. The zero-order chi connectivity index (χ0) is 15.2. The minimum Gasteiger partial charge on any atom is -0.476 e.